The zero-order valence-electron chi connectivity index (χ0n) is 7.48. The molecule has 0 rings (SSSR count). The third-order valence-corrected chi connectivity index (χ3v) is 1.30. The largest absolute Gasteiger partial charge is 0.290 e. The molecule has 0 aromatic heterocycles. The summed E-state index contributed by atoms with van der Waals surface area (Å²) in [6.45, 7) is 9.69. The summed E-state index contributed by atoms with van der Waals surface area (Å²) in [6.07, 6.45) is 4.42. The van der Waals surface area contributed by atoms with Crippen molar-refractivity contribution in [2.75, 3.05) is 0 Å². The van der Waals surface area contributed by atoms with Crippen LogP contribution in [0.2, 0.25) is 0 Å². The quantitative estimate of drug-likeness (QED) is 0.566. The van der Waals surface area contributed by atoms with Crippen LogP contribution in [0, 0.1) is 11.3 Å². The smallest absolute Gasteiger partial charge is 0.206 e. The van der Waals surface area contributed by atoms with E-state index in [1.807, 2.05) is 6.29 Å². The fraction of sp³-hybridized carbons (Fsp3) is 0.600. The van der Waals surface area contributed by atoms with E-state index in [9.17, 15) is 4.79 Å². The first-order valence-corrected chi connectivity index (χ1v) is 3.73. The highest BCUT2D eigenvalue weighted by atomic mass is 16.1. The summed E-state index contributed by atoms with van der Waals surface area (Å²) in [5, 5.41) is 0. The molecular formula is C10H15O. The van der Waals surface area contributed by atoms with Gasteiger partial charge in [-0.25, -0.2) is 0 Å². The minimum absolute atomic E-state index is 0.146. The summed E-state index contributed by atoms with van der Waals surface area (Å²) < 4.78 is 0. The van der Waals surface area contributed by atoms with Gasteiger partial charge in [0.05, 0.1) is 5.92 Å². The SMILES string of the molecule is C=C=CC([C]=O)CC(C)(C)C. The maximum Gasteiger partial charge on any atom is 0.206 e. The molecule has 0 spiro atoms. The monoisotopic (exact) mass is 151 g/mol. The Morgan fingerprint density at radius 3 is 2.36 bits per heavy atom. The van der Waals surface area contributed by atoms with Gasteiger partial charge in [-0.3, -0.25) is 4.79 Å². The van der Waals surface area contributed by atoms with E-state index in [2.05, 4.69) is 33.1 Å². The van der Waals surface area contributed by atoms with Crippen LogP contribution in [0.5, 0.6) is 0 Å². The molecule has 1 radical (unpaired) electrons. The van der Waals surface area contributed by atoms with Gasteiger partial charge in [-0.1, -0.05) is 27.4 Å². The van der Waals surface area contributed by atoms with Crippen LogP contribution in [0.15, 0.2) is 18.4 Å². The van der Waals surface area contributed by atoms with Crippen LogP contribution in [0.4, 0.5) is 0 Å². The van der Waals surface area contributed by atoms with E-state index in [4.69, 9.17) is 0 Å². The van der Waals surface area contributed by atoms with Gasteiger partial charge >= 0.3 is 0 Å². The predicted octanol–water partition coefficient (Wildman–Crippen LogP) is 2.49. The standard InChI is InChI=1S/C10H15O/c1-5-6-9(8-11)7-10(2,3)4/h6,9H,1,7H2,2-4H3. The van der Waals surface area contributed by atoms with Crippen LogP contribution in [0.25, 0.3) is 0 Å². The average Bonchev–Trinajstić information content (AvgIpc) is 1.84. The lowest BCUT2D eigenvalue weighted by Gasteiger charge is -2.19. The van der Waals surface area contributed by atoms with Crippen molar-refractivity contribution in [1.29, 1.82) is 0 Å². The molecule has 0 aliphatic carbocycles. The molecule has 0 aromatic rings. The lowest BCUT2D eigenvalue weighted by Crippen LogP contribution is -2.12. The van der Waals surface area contributed by atoms with Crippen LogP contribution in [-0.4, -0.2) is 6.29 Å². The van der Waals surface area contributed by atoms with Crippen LogP contribution >= 0.6 is 0 Å². The Hall–Kier alpha value is -0.810. The Morgan fingerprint density at radius 1 is 1.55 bits per heavy atom. The van der Waals surface area contributed by atoms with Gasteiger partial charge in [0.1, 0.15) is 0 Å². The Balaban J connectivity index is 4.08. The molecule has 0 bridgehead atoms. The highest BCUT2D eigenvalue weighted by Crippen LogP contribution is 2.23. The van der Waals surface area contributed by atoms with Gasteiger partial charge in [0, 0.05) is 0 Å². The van der Waals surface area contributed by atoms with Crippen molar-refractivity contribution in [2.45, 2.75) is 27.2 Å². The highest BCUT2D eigenvalue weighted by molar-refractivity contribution is 5.57. The zero-order chi connectivity index (χ0) is 8.91. The van der Waals surface area contributed by atoms with Gasteiger partial charge in [0.25, 0.3) is 0 Å². The predicted molar refractivity (Wildman–Crippen MR) is 47.0 cm³/mol. The van der Waals surface area contributed by atoms with Gasteiger partial charge < -0.3 is 0 Å². The topological polar surface area (TPSA) is 17.1 Å². The van der Waals surface area contributed by atoms with Crippen molar-refractivity contribution < 1.29 is 4.79 Å². The van der Waals surface area contributed by atoms with Crippen LogP contribution in [-0.2, 0) is 4.79 Å². The van der Waals surface area contributed by atoms with Gasteiger partial charge in [0.15, 0.2) is 0 Å². The summed E-state index contributed by atoms with van der Waals surface area (Å²) in [5.74, 6) is -0.146. The fourth-order valence-electron chi connectivity index (χ4n) is 0.937. The van der Waals surface area contributed by atoms with E-state index in [1.54, 1.807) is 6.08 Å². The molecule has 0 aromatic carbocycles. The molecule has 0 amide bonds. The molecule has 0 heterocycles. The van der Waals surface area contributed by atoms with E-state index < -0.39 is 0 Å². The van der Waals surface area contributed by atoms with Crippen LogP contribution in [0.3, 0.4) is 0 Å². The van der Waals surface area contributed by atoms with Crippen molar-refractivity contribution in [2.24, 2.45) is 11.3 Å². The number of rotatable bonds is 3. The zero-order valence-corrected chi connectivity index (χ0v) is 7.48. The van der Waals surface area contributed by atoms with Crippen molar-refractivity contribution in [1.82, 2.24) is 0 Å². The van der Waals surface area contributed by atoms with E-state index in [1.165, 1.54) is 0 Å². The molecule has 1 unspecified atom stereocenters. The molecule has 0 N–H and O–H groups in total. The number of hydrogen-bond donors (Lipinski definition) is 0. The molecule has 0 aliphatic heterocycles. The minimum Gasteiger partial charge on any atom is -0.290 e. The second-order valence-corrected chi connectivity index (χ2v) is 3.86. The lowest BCUT2D eigenvalue weighted by molar-refractivity contribution is 0.352. The number of hydrogen-bond acceptors (Lipinski definition) is 1. The van der Waals surface area contributed by atoms with E-state index in [0.717, 1.165) is 6.42 Å². The lowest BCUT2D eigenvalue weighted by atomic mass is 9.85. The first-order chi connectivity index (χ1) is 4.99. The Kier molecular flexibility index (Phi) is 3.84. The molecular weight excluding hydrogens is 136 g/mol. The van der Waals surface area contributed by atoms with Gasteiger partial charge in [-0.05, 0) is 17.9 Å². The summed E-state index contributed by atoms with van der Waals surface area (Å²) >= 11 is 0. The van der Waals surface area contributed by atoms with Crippen molar-refractivity contribution >= 4 is 6.29 Å². The number of carbonyl (C=O) groups excluding carboxylic acids is 1. The van der Waals surface area contributed by atoms with E-state index in [-0.39, 0.29) is 11.3 Å². The number of allylic oxidation sites excluding steroid dienone is 1. The molecule has 61 valence electrons. The summed E-state index contributed by atoms with van der Waals surface area (Å²) in [4.78, 5) is 10.3. The van der Waals surface area contributed by atoms with E-state index in [0.29, 0.717) is 0 Å². The third kappa shape index (κ3) is 5.63. The molecule has 0 aliphatic rings. The Bertz CT molecular complexity index is 168. The Labute approximate surface area is 68.8 Å². The second-order valence-electron chi connectivity index (χ2n) is 3.86. The van der Waals surface area contributed by atoms with Crippen LogP contribution < -0.4 is 0 Å². The summed E-state index contributed by atoms with van der Waals surface area (Å²) in [7, 11) is 0. The molecule has 1 heteroatoms. The van der Waals surface area contributed by atoms with Crippen molar-refractivity contribution in [3.63, 3.8) is 0 Å². The van der Waals surface area contributed by atoms with Gasteiger partial charge in [-0.2, -0.15) is 0 Å². The second kappa shape index (κ2) is 4.15. The highest BCUT2D eigenvalue weighted by Gasteiger charge is 2.16. The Morgan fingerprint density at radius 2 is 2.09 bits per heavy atom. The molecule has 11 heavy (non-hydrogen) atoms. The van der Waals surface area contributed by atoms with Gasteiger partial charge in [0.2, 0.25) is 6.29 Å². The fourth-order valence-corrected chi connectivity index (χ4v) is 0.937. The normalized spacial score (nSPS) is 13.4. The summed E-state index contributed by atoms with van der Waals surface area (Å²) in [6, 6.07) is 0. The first kappa shape index (κ1) is 10.2. The molecule has 0 saturated carbocycles. The molecule has 0 saturated heterocycles. The maximum atomic E-state index is 10.3. The molecule has 0 fully saturated rings. The maximum absolute atomic E-state index is 10.3. The van der Waals surface area contributed by atoms with E-state index >= 15 is 0 Å². The van der Waals surface area contributed by atoms with Crippen molar-refractivity contribution in [3.05, 3.63) is 18.4 Å². The average molecular weight is 151 g/mol. The third-order valence-electron chi connectivity index (χ3n) is 1.30. The van der Waals surface area contributed by atoms with Crippen molar-refractivity contribution in [3.8, 4) is 0 Å². The summed E-state index contributed by atoms with van der Waals surface area (Å²) in [5.41, 5.74) is 2.77. The van der Waals surface area contributed by atoms with Crippen LogP contribution in [0.1, 0.15) is 27.2 Å². The minimum atomic E-state index is -0.146. The van der Waals surface area contributed by atoms with Gasteiger partial charge in [-0.15, -0.1) is 5.73 Å². The first-order valence-electron chi connectivity index (χ1n) is 3.73. The molecule has 1 atom stereocenters. The molecule has 1 nitrogen and oxygen atoms in total.